The molecule has 0 saturated heterocycles. The number of carbonyl (C=O) groups excluding carboxylic acids is 1. The second-order valence-corrected chi connectivity index (χ2v) is 7.01. The van der Waals surface area contributed by atoms with E-state index in [1.807, 2.05) is 30.8 Å². The van der Waals surface area contributed by atoms with Gasteiger partial charge in [-0.2, -0.15) is 5.10 Å². The Morgan fingerprint density at radius 3 is 2.88 bits per heavy atom. The average Bonchev–Trinajstić information content (AvgIpc) is 3.22. The van der Waals surface area contributed by atoms with Crippen molar-refractivity contribution in [2.24, 2.45) is 7.05 Å². The van der Waals surface area contributed by atoms with Crippen LogP contribution in [-0.4, -0.2) is 20.8 Å². The Morgan fingerprint density at radius 1 is 1.35 bits per heavy atom. The summed E-state index contributed by atoms with van der Waals surface area (Å²) in [5, 5.41) is 12.1. The summed E-state index contributed by atoms with van der Waals surface area (Å²) in [6.07, 6.45) is 2.91. The van der Waals surface area contributed by atoms with Gasteiger partial charge in [0.2, 0.25) is 0 Å². The van der Waals surface area contributed by atoms with Gasteiger partial charge in [-0.05, 0) is 50.5 Å². The first kappa shape index (κ1) is 16.8. The Labute approximate surface area is 156 Å². The fraction of sp³-hybridized carbons (Fsp3) is 0.316. The number of aryl methyl sites for hydroxylation is 2. The molecule has 0 bridgehead atoms. The fourth-order valence-electron chi connectivity index (χ4n) is 3.60. The zero-order valence-corrected chi connectivity index (χ0v) is 15.4. The lowest BCUT2D eigenvalue weighted by molar-refractivity contribution is 0.0923. The average molecular weight is 371 g/mol. The third-order valence-corrected chi connectivity index (χ3v) is 5.07. The fourth-order valence-corrected chi connectivity index (χ4v) is 3.73. The highest BCUT2D eigenvalue weighted by Gasteiger charge is 2.28. The summed E-state index contributed by atoms with van der Waals surface area (Å²) in [5.74, 6) is 0.295. The monoisotopic (exact) mass is 370 g/mol. The smallest absolute Gasteiger partial charge is 0.273 e. The highest BCUT2D eigenvalue weighted by Crippen LogP contribution is 2.32. The molecule has 0 spiro atoms. The molecule has 1 aromatic carbocycles. The maximum Gasteiger partial charge on any atom is 0.273 e. The van der Waals surface area contributed by atoms with E-state index < -0.39 is 0 Å². The molecule has 3 aromatic rings. The summed E-state index contributed by atoms with van der Waals surface area (Å²) in [4.78, 5) is 12.7. The summed E-state index contributed by atoms with van der Waals surface area (Å²) in [6.45, 7) is 1.98. The van der Waals surface area contributed by atoms with Crippen molar-refractivity contribution >= 4 is 17.5 Å². The molecular weight excluding hydrogens is 352 g/mol. The van der Waals surface area contributed by atoms with Crippen molar-refractivity contribution in [2.45, 2.75) is 32.2 Å². The molecule has 1 atom stereocenters. The number of aromatic nitrogens is 3. The molecule has 0 radical (unpaired) electrons. The van der Waals surface area contributed by atoms with Crippen molar-refractivity contribution in [3.63, 3.8) is 0 Å². The molecule has 0 aliphatic heterocycles. The van der Waals surface area contributed by atoms with Gasteiger partial charge in [-0.25, -0.2) is 0 Å². The van der Waals surface area contributed by atoms with Crippen LogP contribution < -0.4 is 5.32 Å². The van der Waals surface area contributed by atoms with E-state index >= 15 is 0 Å². The van der Waals surface area contributed by atoms with E-state index in [1.165, 1.54) is 5.69 Å². The molecule has 2 aromatic heterocycles. The molecule has 0 saturated carbocycles. The molecule has 26 heavy (non-hydrogen) atoms. The minimum Gasteiger partial charge on any atom is -0.355 e. The van der Waals surface area contributed by atoms with Crippen molar-refractivity contribution in [2.75, 3.05) is 0 Å². The van der Waals surface area contributed by atoms with Gasteiger partial charge in [0, 0.05) is 35.0 Å². The number of rotatable bonds is 3. The Morgan fingerprint density at radius 2 is 2.12 bits per heavy atom. The Balaban J connectivity index is 1.54. The first-order valence-corrected chi connectivity index (χ1v) is 8.96. The summed E-state index contributed by atoms with van der Waals surface area (Å²) in [7, 11) is 1.95. The van der Waals surface area contributed by atoms with E-state index in [2.05, 4.69) is 15.6 Å². The lowest BCUT2D eigenvalue weighted by Crippen LogP contribution is -2.31. The number of fused-ring (bicyclic) bond motifs is 1. The predicted molar refractivity (Wildman–Crippen MR) is 98.0 cm³/mol. The van der Waals surface area contributed by atoms with E-state index in [-0.39, 0.29) is 17.6 Å². The first-order chi connectivity index (χ1) is 12.5. The molecule has 1 N–H and O–H groups in total. The van der Waals surface area contributed by atoms with Gasteiger partial charge in [-0.3, -0.25) is 9.48 Å². The van der Waals surface area contributed by atoms with E-state index in [9.17, 15) is 4.79 Å². The Bertz CT molecular complexity index is 959. The van der Waals surface area contributed by atoms with Gasteiger partial charge in [-0.1, -0.05) is 16.8 Å². The molecule has 1 aliphatic carbocycles. The van der Waals surface area contributed by atoms with Gasteiger partial charge in [0.15, 0.2) is 11.5 Å². The standard InChI is InChI=1S/C19H19ClN4O2/c1-11-18-14(4-3-5-16(18)24(2)22-11)21-19(25)15-10-17(26-23-15)12-6-8-13(20)9-7-12/h6-10,14H,3-5H2,1-2H3,(H,21,25). The third kappa shape index (κ3) is 3.01. The molecule has 7 heteroatoms. The normalized spacial score (nSPS) is 16.3. The van der Waals surface area contributed by atoms with Crippen LogP contribution in [0.4, 0.5) is 0 Å². The van der Waals surface area contributed by atoms with Crippen molar-refractivity contribution < 1.29 is 9.32 Å². The molecule has 134 valence electrons. The van der Waals surface area contributed by atoms with Gasteiger partial charge >= 0.3 is 0 Å². The van der Waals surface area contributed by atoms with Crippen molar-refractivity contribution in [1.29, 1.82) is 0 Å². The molecule has 4 rings (SSSR count). The summed E-state index contributed by atoms with van der Waals surface area (Å²) in [5.41, 5.74) is 4.39. The van der Waals surface area contributed by atoms with Crippen LogP contribution in [0, 0.1) is 6.92 Å². The molecular formula is C19H19ClN4O2. The number of halogens is 1. The minimum atomic E-state index is -0.241. The summed E-state index contributed by atoms with van der Waals surface area (Å²) < 4.78 is 7.24. The van der Waals surface area contributed by atoms with Crippen LogP contribution >= 0.6 is 11.6 Å². The lowest BCUT2D eigenvalue weighted by Gasteiger charge is -2.24. The lowest BCUT2D eigenvalue weighted by atomic mass is 9.91. The van der Waals surface area contributed by atoms with Gasteiger partial charge in [0.25, 0.3) is 5.91 Å². The zero-order valence-electron chi connectivity index (χ0n) is 14.6. The van der Waals surface area contributed by atoms with Gasteiger partial charge < -0.3 is 9.84 Å². The molecule has 1 amide bonds. The Hall–Kier alpha value is -2.60. The molecule has 1 unspecified atom stereocenters. The van der Waals surface area contributed by atoms with Gasteiger partial charge in [-0.15, -0.1) is 0 Å². The SMILES string of the molecule is Cc1nn(C)c2c1C(NC(=O)c1cc(-c3ccc(Cl)cc3)on1)CCC2. The van der Waals surface area contributed by atoms with E-state index in [4.69, 9.17) is 16.1 Å². The van der Waals surface area contributed by atoms with E-state index in [0.717, 1.165) is 36.1 Å². The number of hydrogen-bond donors (Lipinski definition) is 1. The minimum absolute atomic E-state index is 0.0457. The van der Waals surface area contributed by atoms with Crippen LogP contribution in [0.25, 0.3) is 11.3 Å². The van der Waals surface area contributed by atoms with Crippen molar-refractivity contribution in [3.8, 4) is 11.3 Å². The van der Waals surface area contributed by atoms with Gasteiger partial charge in [0.1, 0.15) is 0 Å². The van der Waals surface area contributed by atoms with Crippen LogP contribution in [0.2, 0.25) is 5.02 Å². The van der Waals surface area contributed by atoms with Crippen LogP contribution in [-0.2, 0) is 13.5 Å². The number of nitrogens with zero attached hydrogens (tertiary/aromatic N) is 3. The van der Waals surface area contributed by atoms with E-state index in [0.29, 0.717) is 10.8 Å². The molecule has 1 aliphatic rings. The largest absolute Gasteiger partial charge is 0.355 e. The van der Waals surface area contributed by atoms with Crippen LogP contribution in [0.15, 0.2) is 34.9 Å². The summed E-state index contributed by atoms with van der Waals surface area (Å²) >= 11 is 5.90. The number of amides is 1. The first-order valence-electron chi connectivity index (χ1n) is 8.59. The van der Waals surface area contributed by atoms with Crippen LogP contribution in [0.5, 0.6) is 0 Å². The number of carbonyl (C=O) groups is 1. The molecule has 6 nitrogen and oxygen atoms in total. The molecule has 2 heterocycles. The van der Waals surface area contributed by atoms with Crippen molar-refractivity contribution in [3.05, 3.63) is 58.0 Å². The maximum atomic E-state index is 12.7. The topological polar surface area (TPSA) is 73.0 Å². The number of benzene rings is 1. The Kier molecular flexibility index (Phi) is 4.28. The summed E-state index contributed by atoms with van der Waals surface area (Å²) in [6, 6.07) is 8.81. The molecule has 0 fully saturated rings. The van der Waals surface area contributed by atoms with Crippen molar-refractivity contribution in [1.82, 2.24) is 20.3 Å². The third-order valence-electron chi connectivity index (χ3n) is 4.82. The second kappa shape index (κ2) is 6.61. The quantitative estimate of drug-likeness (QED) is 0.760. The number of nitrogens with one attached hydrogen (secondary N) is 1. The predicted octanol–water partition coefficient (Wildman–Crippen LogP) is 3.84. The van der Waals surface area contributed by atoms with Crippen LogP contribution in [0.3, 0.4) is 0 Å². The van der Waals surface area contributed by atoms with Crippen LogP contribution in [0.1, 0.15) is 46.3 Å². The highest BCUT2D eigenvalue weighted by molar-refractivity contribution is 6.30. The second-order valence-electron chi connectivity index (χ2n) is 6.57. The van der Waals surface area contributed by atoms with E-state index in [1.54, 1.807) is 18.2 Å². The zero-order chi connectivity index (χ0) is 18.3. The number of hydrogen-bond acceptors (Lipinski definition) is 4. The van der Waals surface area contributed by atoms with Gasteiger partial charge in [0.05, 0.1) is 11.7 Å². The highest BCUT2D eigenvalue weighted by atomic mass is 35.5. The maximum absolute atomic E-state index is 12.7.